The minimum Gasteiger partial charge on any atom is -0.362 e. The fourth-order valence-electron chi connectivity index (χ4n) is 2.68. The number of hydrogen-bond donors (Lipinski definition) is 1. The summed E-state index contributed by atoms with van der Waals surface area (Å²) in [6.07, 6.45) is 2.23. The van der Waals surface area contributed by atoms with Crippen molar-refractivity contribution in [2.75, 3.05) is 19.0 Å². The third kappa shape index (κ3) is 4.70. The Labute approximate surface area is 162 Å². The Morgan fingerprint density at radius 2 is 2.11 bits per heavy atom. The molecular formula is C20H22FN5O2. The number of anilines is 1. The summed E-state index contributed by atoms with van der Waals surface area (Å²) in [5, 5.41) is 6.73. The molecule has 146 valence electrons. The number of nitrogens with zero attached hydrogens (tertiary/aromatic N) is 4. The first-order chi connectivity index (χ1) is 13.4. The van der Waals surface area contributed by atoms with Gasteiger partial charge < -0.3 is 14.7 Å². The number of benzene rings is 1. The lowest BCUT2D eigenvalue weighted by atomic mass is 10.1. The van der Waals surface area contributed by atoms with Crippen molar-refractivity contribution in [1.29, 1.82) is 0 Å². The monoisotopic (exact) mass is 383 g/mol. The first kappa shape index (κ1) is 19.5. The average Bonchev–Trinajstić information content (AvgIpc) is 3.16. The van der Waals surface area contributed by atoms with Crippen LogP contribution in [0.25, 0.3) is 11.4 Å². The predicted octanol–water partition coefficient (Wildman–Crippen LogP) is 2.89. The number of nitrogens with one attached hydrogen (secondary N) is 1. The Hall–Kier alpha value is -3.29. The highest BCUT2D eigenvalue weighted by Crippen LogP contribution is 2.19. The second kappa shape index (κ2) is 8.60. The van der Waals surface area contributed by atoms with Gasteiger partial charge in [0.1, 0.15) is 11.6 Å². The standard InChI is InChI=1S/C20H22FN5O2/c1-13-6-7-14(11-16(13)21)19-24-18(28-25-19)9-8-17(27)23-12-15-5-4-10-22-20(15)26(2)3/h4-7,10-11H,8-9,12H2,1-3H3,(H,23,27). The van der Waals surface area contributed by atoms with Crippen LogP contribution in [0.1, 0.15) is 23.4 Å². The molecule has 0 aliphatic rings. The average molecular weight is 383 g/mol. The van der Waals surface area contributed by atoms with E-state index in [0.717, 1.165) is 11.4 Å². The Balaban J connectivity index is 1.54. The van der Waals surface area contributed by atoms with E-state index in [9.17, 15) is 9.18 Å². The van der Waals surface area contributed by atoms with E-state index >= 15 is 0 Å². The lowest BCUT2D eigenvalue weighted by molar-refractivity contribution is -0.121. The molecule has 8 heteroatoms. The molecule has 1 aromatic carbocycles. The van der Waals surface area contributed by atoms with Gasteiger partial charge in [0, 0.05) is 50.8 Å². The Kier molecular flexibility index (Phi) is 5.98. The zero-order valence-corrected chi connectivity index (χ0v) is 16.1. The molecule has 2 heterocycles. The molecule has 3 rings (SSSR count). The van der Waals surface area contributed by atoms with Gasteiger partial charge in [0.2, 0.25) is 17.6 Å². The number of halogens is 1. The molecule has 0 radical (unpaired) electrons. The fraction of sp³-hybridized carbons (Fsp3) is 0.300. The molecule has 0 saturated carbocycles. The van der Waals surface area contributed by atoms with Crippen LogP contribution < -0.4 is 10.2 Å². The van der Waals surface area contributed by atoms with Crippen molar-refractivity contribution in [3.05, 3.63) is 59.4 Å². The molecule has 0 aliphatic carbocycles. The van der Waals surface area contributed by atoms with Gasteiger partial charge in [-0.25, -0.2) is 9.37 Å². The van der Waals surface area contributed by atoms with E-state index in [4.69, 9.17) is 4.52 Å². The molecule has 0 aliphatic heterocycles. The maximum atomic E-state index is 13.7. The minimum absolute atomic E-state index is 0.130. The van der Waals surface area contributed by atoms with Gasteiger partial charge in [0.05, 0.1) is 0 Å². The molecule has 1 N–H and O–H groups in total. The molecule has 0 fully saturated rings. The SMILES string of the molecule is Cc1ccc(-c2noc(CCC(=O)NCc3cccnc3N(C)C)n2)cc1F. The van der Waals surface area contributed by atoms with E-state index in [1.165, 1.54) is 6.07 Å². The number of carbonyl (C=O) groups excluding carboxylic acids is 1. The van der Waals surface area contributed by atoms with E-state index < -0.39 is 0 Å². The summed E-state index contributed by atoms with van der Waals surface area (Å²) in [5.74, 6) is 1.00. The second-order valence-corrected chi connectivity index (χ2v) is 6.63. The number of hydrogen-bond acceptors (Lipinski definition) is 6. The quantitative estimate of drug-likeness (QED) is 0.675. The van der Waals surface area contributed by atoms with Crippen LogP contribution in [0.3, 0.4) is 0 Å². The minimum atomic E-state index is -0.323. The number of carbonyl (C=O) groups is 1. The van der Waals surface area contributed by atoms with Crippen molar-refractivity contribution in [2.24, 2.45) is 0 Å². The first-order valence-electron chi connectivity index (χ1n) is 8.91. The third-order valence-electron chi connectivity index (χ3n) is 4.23. The van der Waals surface area contributed by atoms with E-state index in [1.807, 2.05) is 31.1 Å². The number of aryl methyl sites for hydroxylation is 2. The Bertz CT molecular complexity index is 971. The summed E-state index contributed by atoms with van der Waals surface area (Å²) in [4.78, 5) is 22.6. The van der Waals surface area contributed by atoms with Crippen LogP contribution in [0, 0.1) is 12.7 Å². The molecule has 0 saturated heterocycles. The zero-order valence-electron chi connectivity index (χ0n) is 16.1. The van der Waals surface area contributed by atoms with Crippen molar-refractivity contribution in [3.8, 4) is 11.4 Å². The maximum Gasteiger partial charge on any atom is 0.227 e. The molecule has 0 unspecified atom stereocenters. The molecule has 0 spiro atoms. The van der Waals surface area contributed by atoms with Gasteiger partial charge in [-0.05, 0) is 24.6 Å². The third-order valence-corrected chi connectivity index (χ3v) is 4.23. The maximum absolute atomic E-state index is 13.7. The van der Waals surface area contributed by atoms with Crippen LogP contribution in [-0.2, 0) is 17.8 Å². The highest BCUT2D eigenvalue weighted by atomic mass is 19.1. The highest BCUT2D eigenvalue weighted by molar-refractivity contribution is 5.76. The number of rotatable bonds is 7. The zero-order chi connectivity index (χ0) is 20.1. The van der Waals surface area contributed by atoms with Gasteiger partial charge in [-0.1, -0.05) is 23.4 Å². The van der Waals surface area contributed by atoms with E-state index in [0.29, 0.717) is 35.8 Å². The van der Waals surface area contributed by atoms with Crippen LogP contribution in [0.15, 0.2) is 41.1 Å². The predicted molar refractivity (Wildman–Crippen MR) is 103 cm³/mol. The van der Waals surface area contributed by atoms with Crippen LogP contribution in [0.5, 0.6) is 0 Å². The normalized spacial score (nSPS) is 10.7. The smallest absolute Gasteiger partial charge is 0.227 e. The van der Waals surface area contributed by atoms with Gasteiger partial charge in [0.15, 0.2) is 0 Å². The van der Waals surface area contributed by atoms with Crippen molar-refractivity contribution >= 4 is 11.7 Å². The van der Waals surface area contributed by atoms with Gasteiger partial charge in [-0.2, -0.15) is 4.98 Å². The van der Waals surface area contributed by atoms with Crippen LogP contribution in [0.2, 0.25) is 0 Å². The summed E-state index contributed by atoms with van der Waals surface area (Å²) in [7, 11) is 3.81. The first-order valence-corrected chi connectivity index (χ1v) is 8.91. The molecule has 0 bridgehead atoms. The van der Waals surface area contributed by atoms with Crippen molar-refractivity contribution in [2.45, 2.75) is 26.3 Å². The highest BCUT2D eigenvalue weighted by Gasteiger charge is 2.13. The molecule has 0 atom stereocenters. The van der Waals surface area contributed by atoms with E-state index in [-0.39, 0.29) is 18.1 Å². The topological polar surface area (TPSA) is 84.2 Å². The van der Waals surface area contributed by atoms with Gasteiger partial charge >= 0.3 is 0 Å². The van der Waals surface area contributed by atoms with Gasteiger partial charge in [-0.15, -0.1) is 0 Å². The molecule has 2 aromatic heterocycles. The van der Waals surface area contributed by atoms with Crippen molar-refractivity contribution in [3.63, 3.8) is 0 Å². The summed E-state index contributed by atoms with van der Waals surface area (Å²) in [5.41, 5.74) is 2.02. The summed E-state index contributed by atoms with van der Waals surface area (Å²) in [6, 6.07) is 8.52. The summed E-state index contributed by atoms with van der Waals surface area (Å²) in [6.45, 7) is 2.07. The second-order valence-electron chi connectivity index (χ2n) is 6.63. The van der Waals surface area contributed by atoms with Gasteiger partial charge in [0.25, 0.3) is 0 Å². The fourth-order valence-corrected chi connectivity index (χ4v) is 2.68. The number of pyridine rings is 1. The molecular weight excluding hydrogens is 361 g/mol. The molecule has 1 amide bonds. The Morgan fingerprint density at radius 3 is 2.86 bits per heavy atom. The molecule has 7 nitrogen and oxygen atoms in total. The summed E-state index contributed by atoms with van der Waals surface area (Å²) >= 11 is 0. The Morgan fingerprint density at radius 1 is 1.29 bits per heavy atom. The number of amides is 1. The van der Waals surface area contributed by atoms with Crippen LogP contribution in [0.4, 0.5) is 10.2 Å². The molecule has 3 aromatic rings. The van der Waals surface area contributed by atoms with Gasteiger partial charge in [-0.3, -0.25) is 4.79 Å². The van der Waals surface area contributed by atoms with Crippen LogP contribution in [-0.4, -0.2) is 35.1 Å². The largest absolute Gasteiger partial charge is 0.362 e. The lowest BCUT2D eigenvalue weighted by Crippen LogP contribution is -2.24. The van der Waals surface area contributed by atoms with E-state index in [1.54, 1.807) is 25.3 Å². The summed E-state index contributed by atoms with van der Waals surface area (Å²) < 4.78 is 18.9. The molecule has 28 heavy (non-hydrogen) atoms. The van der Waals surface area contributed by atoms with Crippen LogP contribution >= 0.6 is 0 Å². The van der Waals surface area contributed by atoms with Crippen molar-refractivity contribution in [1.82, 2.24) is 20.4 Å². The number of aromatic nitrogens is 3. The van der Waals surface area contributed by atoms with E-state index in [2.05, 4.69) is 20.4 Å². The lowest BCUT2D eigenvalue weighted by Gasteiger charge is -2.16. The van der Waals surface area contributed by atoms with Crippen molar-refractivity contribution < 1.29 is 13.7 Å².